The van der Waals surface area contributed by atoms with E-state index < -0.39 is 0 Å². The van der Waals surface area contributed by atoms with Gasteiger partial charge in [-0.2, -0.15) is 0 Å². The first kappa shape index (κ1) is 19.9. The third-order valence-corrected chi connectivity index (χ3v) is 5.37. The van der Waals surface area contributed by atoms with Gasteiger partial charge in [-0.3, -0.25) is 10.1 Å². The maximum Gasteiger partial charge on any atom is 0.273 e. The summed E-state index contributed by atoms with van der Waals surface area (Å²) in [5.41, 5.74) is 4.26. The fourth-order valence-electron chi connectivity index (χ4n) is 3.91. The molecular weight excluding hydrogens is 382 g/mol. The van der Waals surface area contributed by atoms with Gasteiger partial charge >= 0.3 is 0 Å². The summed E-state index contributed by atoms with van der Waals surface area (Å²) < 4.78 is 12.0. The number of fused-ring (bicyclic) bond motifs is 1. The SMILES string of the molecule is Cc1cc([N+](=O)[O-])c2c(c1Oc1ccc(OCc3ccccc3)c(CO)c1)CCC2. The summed E-state index contributed by atoms with van der Waals surface area (Å²) in [6.07, 6.45) is 2.33. The summed E-state index contributed by atoms with van der Waals surface area (Å²) in [6, 6.07) is 16.7. The van der Waals surface area contributed by atoms with Crippen molar-refractivity contribution in [2.75, 3.05) is 0 Å². The third-order valence-electron chi connectivity index (χ3n) is 5.37. The number of nitro groups is 1. The first-order chi connectivity index (χ1) is 14.6. The van der Waals surface area contributed by atoms with Crippen molar-refractivity contribution < 1.29 is 19.5 Å². The number of ether oxygens (including phenoxy) is 2. The molecule has 0 atom stereocenters. The molecule has 1 N–H and O–H groups in total. The second kappa shape index (κ2) is 8.55. The number of nitro benzene ring substituents is 1. The topological polar surface area (TPSA) is 81.8 Å². The molecule has 1 aliphatic rings. The van der Waals surface area contributed by atoms with Gasteiger partial charge in [0.1, 0.15) is 23.9 Å². The van der Waals surface area contributed by atoms with Crippen LogP contribution in [0.5, 0.6) is 17.2 Å². The van der Waals surface area contributed by atoms with Crippen LogP contribution in [0.4, 0.5) is 5.69 Å². The fraction of sp³-hybridized carbons (Fsp3) is 0.250. The van der Waals surface area contributed by atoms with Crippen molar-refractivity contribution in [1.29, 1.82) is 0 Å². The van der Waals surface area contributed by atoms with E-state index in [1.165, 1.54) is 0 Å². The molecular formula is C24H23NO5. The van der Waals surface area contributed by atoms with Gasteiger partial charge in [0.25, 0.3) is 5.69 Å². The Morgan fingerprint density at radius 2 is 1.83 bits per heavy atom. The van der Waals surface area contributed by atoms with E-state index >= 15 is 0 Å². The van der Waals surface area contributed by atoms with E-state index in [-0.39, 0.29) is 17.2 Å². The molecule has 0 saturated carbocycles. The average molecular weight is 405 g/mol. The lowest BCUT2D eigenvalue weighted by Crippen LogP contribution is -2.01. The van der Waals surface area contributed by atoms with E-state index in [0.29, 0.717) is 35.8 Å². The van der Waals surface area contributed by atoms with Crippen molar-refractivity contribution in [2.45, 2.75) is 39.4 Å². The molecule has 0 spiro atoms. The number of benzene rings is 3. The van der Waals surface area contributed by atoms with Crippen molar-refractivity contribution in [1.82, 2.24) is 0 Å². The molecule has 0 heterocycles. The number of hydrogen-bond donors (Lipinski definition) is 1. The lowest BCUT2D eigenvalue weighted by atomic mass is 10.0. The predicted molar refractivity (Wildman–Crippen MR) is 113 cm³/mol. The van der Waals surface area contributed by atoms with Gasteiger partial charge in [0, 0.05) is 22.8 Å². The lowest BCUT2D eigenvalue weighted by molar-refractivity contribution is -0.385. The standard InChI is InChI=1S/C24H23NO5/c1-16-12-22(25(27)28)20-8-5-9-21(20)24(16)30-19-10-11-23(18(13-19)14-26)29-15-17-6-3-2-4-7-17/h2-4,6-7,10-13,26H,5,8-9,14-15H2,1H3. The Labute approximate surface area is 174 Å². The van der Waals surface area contributed by atoms with E-state index in [2.05, 4.69) is 0 Å². The minimum atomic E-state index is -0.316. The predicted octanol–water partition coefficient (Wildman–Crippen LogP) is 5.26. The summed E-state index contributed by atoms with van der Waals surface area (Å²) in [4.78, 5) is 11.1. The van der Waals surface area contributed by atoms with E-state index in [0.717, 1.165) is 35.1 Å². The summed E-state index contributed by atoms with van der Waals surface area (Å²) in [5.74, 6) is 1.84. The maximum absolute atomic E-state index is 11.4. The molecule has 0 amide bonds. The molecule has 0 fully saturated rings. The van der Waals surface area contributed by atoms with Crippen LogP contribution in [-0.4, -0.2) is 10.0 Å². The highest BCUT2D eigenvalue weighted by Crippen LogP contribution is 2.41. The molecule has 0 bridgehead atoms. The Balaban J connectivity index is 1.59. The second-order valence-electron chi connectivity index (χ2n) is 7.41. The Hall–Kier alpha value is -3.38. The summed E-state index contributed by atoms with van der Waals surface area (Å²) >= 11 is 0. The molecule has 6 nitrogen and oxygen atoms in total. The third kappa shape index (κ3) is 4.00. The van der Waals surface area contributed by atoms with Gasteiger partial charge in [-0.25, -0.2) is 0 Å². The number of nitrogens with zero attached hydrogens (tertiary/aromatic N) is 1. The van der Waals surface area contributed by atoms with Crippen LogP contribution in [0.15, 0.2) is 54.6 Å². The van der Waals surface area contributed by atoms with Crippen molar-refractivity contribution in [3.63, 3.8) is 0 Å². The van der Waals surface area contributed by atoms with Gasteiger partial charge in [-0.05, 0) is 55.5 Å². The highest BCUT2D eigenvalue weighted by Gasteiger charge is 2.27. The van der Waals surface area contributed by atoms with Crippen LogP contribution in [0.3, 0.4) is 0 Å². The smallest absolute Gasteiger partial charge is 0.273 e. The lowest BCUT2D eigenvalue weighted by Gasteiger charge is -2.16. The molecule has 0 aliphatic heterocycles. The molecule has 1 aliphatic carbocycles. The highest BCUT2D eigenvalue weighted by molar-refractivity contribution is 5.59. The summed E-state index contributed by atoms with van der Waals surface area (Å²) in [5, 5.41) is 21.2. The average Bonchev–Trinajstić information content (AvgIpc) is 3.24. The monoisotopic (exact) mass is 405 g/mol. The van der Waals surface area contributed by atoms with Crippen molar-refractivity contribution in [3.05, 3.63) is 92.5 Å². The van der Waals surface area contributed by atoms with E-state index in [4.69, 9.17) is 9.47 Å². The summed E-state index contributed by atoms with van der Waals surface area (Å²) in [6.45, 7) is 2.05. The fourth-order valence-corrected chi connectivity index (χ4v) is 3.91. The van der Waals surface area contributed by atoms with Gasteiger partial charge in [0.2, 0.25) is 0 Å². The van der Waals surface area contributed by atoms with Crippen LogP contribution in [0.25, 0.3) is 0 Å². The van der Waals surface area contributed by atoms with Crippen LogP contribution in [-0.2, 0) is 26.1 Å². The largest absolute Gasteiger partial charge is 0.489 e. The minimum Gasteiger partial charge on any atom is -0.489 e. The summed E-state index contributed by atoms with van der Waals surface area (Å²) in [7, 11) is 0. The van der Waals surface area contributed by atoms with Crippen molar-refractivity contribution in [2.24, 2.45) is 0 Å². The van der Waals surface area contributed by atoms with Crippen LogP contribution < -0.4 is 9.47 Å². The van der Waals surface area contributed by atoms with Gasteiger partial charge in [-0.1, -0.05) is 30.3 Å². The van der Waals surface area contributed by atoms with E-state index in [1.54, 1.807) is 24.3 Å². The molecule has 6 heteroatoms. The van der Waals surface area contributed by atoms with Crippen LogP contribution in [0, 0.1) is 17.0 Å². The van der Waals surface area contributed by atoms with Crippen LogP contribution in [0.1, 0.15) is 34.2 Å². The van der Waals surface area contributed by atoms with Crippen molar-refractivity contribution in [3.8, 4) is 17.2 Å². The molecule has 0 unspecified atom stereocenters. The number of aliphatic hydroxyl groups is 1. The zero-order valence-corrected chi connectivity index (χ0v) is 16.8. The first-order valence-electron chi connectivity index (χ1n) is 9.95. The molecule has 4 rings (SSSR count). The Morgan fingerprint density at radius 1 is 1.07 bits per heavy atom. The van der Waals surface area contributed by atoms with Gasteiger partial charge < -0.3 is 14.6 Å². The van der Waals surface area contributed by atoms with Gasteiger partial charge in [0.15, 0.2) is 0 Å². The zero-order valence-electron chi connectivity index (χ0n) is 16.8. The van der Waals surface area contributed by atoms with Crippen molar-refractivity contribution >= 4 is 5.69 Å². The first-order valence-corrected chi connectivity index (χ1v) is 9.95. The number of aryl methyl sites for hydroxylation is 1. The molecule has 0 aromatic heterocycles. The molecule has 0 saturated heterocycles. The number of hydrogen-bond acceptors (Lipinski definition) is 5. The molecule has 3 aromatic carbocycles. The highest BCUT2D eigenvalue weighted by atomic mass is 16.6. The molecule has 154 valence electrons. The number of rotatable bonds is 7. The van der Waals surface area contributed by atoms with Gasteiger partial charge in [-0.15, -0.1) is 0 Å². The number of aliphatic hydroxyl groups excluding tert-OH is 1. The van der Waals surface area contributed by atoms with E-state index in [9.17, 15) is 15.2 Å². The van der Waals surface area contributed by atoms with Crippen LogP contribution in [0.2, 0.25) is 0 Å². The molecule has 3 aromatic rings. The maximum atomic E-state index is 11.4. The van der Waals surface area contributed by atoms with Crippen LogP contribution >= 0.6 is 0 Å². The quantitative estimate of drug-likeness (QED) is 0.428. The second-order valence-corrected chi connectivity index (χ2v) is 7.41. The minimum absolute atomic E-state index is 0.174. The van der Waals surface area contributed by atoms with Gasteiger partial charge in [0.05, 0.1) is 11.5 Å². The zero-order chi connectivity index (χ0) is 21.1. The Kier molecular flexibility index (Phi) is 5.68. The molecule has 0 radical (unpaired) electrons. The Bertz CT molecular complexity index is 1080. The normalized spacial score (nSPS) is 12.5. The molecule has 30 heavy (non-hydrogen) atoms. The van der Waals surface area contributed by atoms with E-state index in [1.807, 2.05) is 37.3 Å². The Morgan fingerprint density at radius 3 is 2.57 bits per heavy atom.